The van der Waals surface area contributed by atoms with Gasteiger partial charge in [0.05, 0.1) is 5.41 Å². The van der Waals surface area contributed by atoms with Crippen LogP contribution in [0, 0.1) is 5.41 Å². The van der Waals surface area contributed by atoms with Gasteiger partial charge in [0.15, 0.2) is 0 Å². The summed E-state index contributed by atoms with van der Waals surface area (Å²) < 4.78 is 0. The number of carbonyl (C=O) groups excluding carboxylic acids is 2. The number of nitrogens with zero attached hydrogens (tertiary/aromatic N) is 2. The molecule has 2 saturated heterocycles. The van der Waals surface area contributed by atoms with E-state index in [0.29, 0.717) is 18.2 Å². The van der Waals surface area contributed by atoms with E-state index < -0.39 is 0 Å². The molecule has 4 rings (SSSR count). The number of rotatable bonds is 3. The molecule has 2 N–H and O–H groups in total. The Morgan fingerprint density at radius 2 is 2.26 bits per heavy atom. The normalized spacial score (nSPS) is 27.1. The summed E-state index contributed by atoms with van der Waals surface area (Å²) in [5.41, 5.74) is 0.377. The van der Waals surface area contributed by atoms with E-state index in [1.807, 2.05) is 6.07 Å². The Hall–Kier alpha value is -2.11. The summed E-state index contributed by atoms with van der Waals surface area (Å²) in [4.78, 5) is 31.0. The molecule has 0 aromatic carbocycles. The maximum Gasteiger partial charge on any atom is 0.251 e. The van der Waals surface area contributed by atoms with Crippen LogP contribution in [0.3, 0.4) is 0 Å². The van der Waals surface area contributed by atoms with E-state index in [4.69, 9.17) is 0 Å². The first-order valence-electron chi connectivity index (χ1n) is 8.46. The van der Waals surface area contributed by atoms with Crippen molar-refractivity contribution in [3.63, 3.8) is 0 Å². The molecular formula is C17H22N4O2. The summed E-state index contributed by atoms with van der Waals surface area (Å²) in [7, 11) is 0. The van der Waals surface area contributed by atoms with Gasteiger partial charge in [0.25, 0.3) is 5.91 Å². The van der Waals surface area contributed by atoms with Crippen LogP contribution in [0.5, 0.6) is 0 Å². The molecule has 6 heteroatoms. The molecule has 1 spiro atoms. The zero-order valence-corrected chi connectivity index (χ0v) is 13.2. The molecule has 1 saturated carbocycles. The predicted molar refractivity (Wildman–Crippen MR) is 86.2 cm³/mol. The zero-order chi connectivity index (χ0) is 15.9. The first-order valence-corrected chi connectivity index (χ1v) is 8.46. The number of hydrogen-bond acceptors (Lipinski definition) is 4. The third-order valence-corrected chi connectivity index (χ3v) is 5.20. The second-order valence-electron chi connectivity index (χ2n) is 6.96. The summed E-state index contributed by atoms with van der Waals surface area (Å²) in [6, 6.07) is 3.94. The Kier molecular flexibility index (Phi) is 3.47. The van der Waals surface area contributed by atoms with Gasteiger partial charge in [-0.25, -0.2) is 4.98 Å². The van der Waals surface area contributed by atoms with Gasteiger partial charge >= 0.3 is 0 Å². The standard InChI is InChI=1S/C17H22N4O2/c22-15(20-13-2-3-13)12-4-8-18-14(10-12)21-9-6-17(11-21)5-1-7-19-16(17)23/h4,8,10,13H,1-3,5-7,9,11H2,(H,19,23)(H,20,22). The van der Waals surface area contributed by atoms with Gasteiger partial charge in [0, 0.05) is 37.4 Å². The highest BCUT2D eigenvalue weighted by Gasteiger charge is 2.46. The molecule has 3 fully saturated rings. The molecule has 0 bridgehead atoms. The van der Waals surface area contributed by atoms with Gasteiger partial charge in [0.2, 0.25) is 5.91 Å². The van der Waals surface area contributed by atoms with Crippen molar-refractivity contribution in [2.75, 3.05) is 24.5 Å². The van der Waals surface area contributed by atoms with Crippen molar-refractivity contribution < 1.29 is 9.59 Å². The number of pyridine rings is 1. The molecule has 23 heavy (non-hydrogen) atoms. The largest absolute Gasteiger partial charge is 0.356 e. The lowest BCUT2D eigenvalue weighted by Crippen LogP contribution is -2.47. The lowest BCUT2D eigenvalue weighted by atomic mass is 9.79. The van der Waals surface area contributed by atoms with Crippen LogP contribution in [0.25, 0.3) is 0 Å². The fourth-order valence-electron chi connectivity index (χ4n) is 3.62. The summed E-state index contributed by atoms with van der Waals surface area (Å²) >= 11 is 0. The zero-order valence-electron chi connectivity index (χ0n) is 13.2. The van der Waals surface area contributed by atoms with Gasteiger partial charge < -0.3 is 15.5 Å². The lowest BCUT2D eigenvalue weighted by molar-refractivity contribution is -0.132. The third kappa shape index (κ3) is 2.78. The van der Waals surface area contributed by atoms with Crippen molar-refractivity contribution in [1.29, 1.82) is 0 Å². The van der Waals surface area contributed by atoms with Crippen LogP contribution in [0.1, 0.15) is 42.5 Å². The van der Waals surface area contributed by atoms with Crippen LogP contribution < -0.4 is 15.5 Å². The van der Waals surface area contributed by atoms with Crippen LogP contribution >= 0.6 is 0 Å². The Bertz CT molecular complexity index is 643. The Morgan fingerprint density at radius 1 is 1.39 bits per heavy atom. The Labute approximate surface area is 135 Å². The fourth-order valence-corrected chi connectivity index (χ4v) is 3.62. The number of aromatic nitrogens is 1. The number of piperidine rings is 1. The number of anilines is 1. The smallest absolute Gasteiger partial charge is 0.251 e. The van der Waals surface area contributed by atoms with Crippen LogP contribution in [0.4, 0.5) is 5.82 Å². The SMILES string of the molecule is O=C(NC1CC1)c1ccnc(N2CCC3(CCCNC3=O)C2)c1. The second-order valence-corrected chi connectivity index (χ2v) is 6.96. The molecule has 3 heterocycles. The van der Waals surface area contributed by atoms with E-state index in [1.165, 1.54) is 0 Å². The number of nitrogens with one attached hydrogen (secondary N) is 2. The van der Waals surface area contributed by atoms with Gasteiger partial charge in [0.1, 0.15) is 5.82 Å². The predicted octanol–water partition coefficient (Wildman–Crippen LogP) is 1.08. The van der Waals surface area contributed by atoms with E-state index in [0.717, 1.165) is 51.0 Å². The van der Waals surface area contributed by atoms with Gasteiger partial charge in [-0.15, -0.1) is 0 Å². The average Bonchev–Trinajstić information content (AvgIpc) is 3.28. The van der Waals surface area contributed by atoms with E-state index in [2.05, 4.69) is 20.5 Å². The highest BCUT2D eigenvalue weighted by molar-refractivity contribution is 5.95. The summed E-state index contributed by atoms with van der Waals surface area (Å²) in [5, 5.41) is 6.00. The quantitative estimate of drug-likeness (QED) is 0.875. The molecule has 1 aromatic rings. The van der Waals surface area contributed by atoms with E-state index in [-0.39, 0.29) is 17.2 Å². The van der Waals surface area contributed by atoms with Crippen molar-refractivity contribution in [3.05, 3.63) is 23.9 Å². The average molecular weight is 314 g/mol. The minimum Gasteiger partial charge on any atom is -0.356 e. The van der Waals surface area contributed by atoms with Crippen molar-refractivity contribution in [2.45, 2.75) is 38.1 Å². The molecular weight excluding hydrogens is 292 g/mol. The molecule has 3 aliphatic rings. The maximum atomic E-state index is 12.3. The van der Waals surface area contributed by atoms with Gasteiger partial charge in [-0.2, -0.15) is 0 Å². The molecule has 1 aliphatic carbocycles. The van der Waals surface area contributed by atoms with Crippen molar-refractivity contribution in [1.82, 2.24) is 15.6 Å². The van der Waals surface area contributed by atoms with Gasteiger partial charge in [-0.3, -0.25) is 9.59 Å². The summed E-state index contributed by atoms with van der Waals surface area (Å²) in [6.07, 6.45) is 6.68. The molecule has 0 radical (unpaired) electrons. The topological polar surface area (TPSA) is 74.3 Å². The first kappa shape index (κ1) is 14.5. The molecule has 2 aliphatic heterocycles. The van der Waals surface area contributed by atoms with Crippen molar-refractivity contribution in [3.8, 4) is 0 Å². The van der Waals surface area contributed by atoms with E-state index >= 15 is 0 Å². The van der Waals surface area contributed by atoms with Gasteiger partial charge in [-0.05, 0) is 44.2 Å². The summed E-state index contributed by atoms with van der Waals surface area (Å²) in [5.74, 6) is 0.943. The van der Waals surface area contributed by atoms with Crippen LogP contribution in [0.15, 0.2) is 18.3 Å². The number of amides is 2. The lowest BCUT2D eigenvalue weighted by Gasteiger charge is -2.32. The van der Waals surface area contributed by atoms with Gasteiger partial charge in [-0.1, -0.05) is 0 Å². The molecule has 122 valence electrons. The highest BCUT2D eigenvalue weighted by Crippen LogP contribution is 2.38. The second kappa shape index (κ2) is 5.51. The van der Waals surface area contributed by atoms with E-state index in [1.54, 1.807) is 12.3 Å². The number of hydrogen-bond donors (Lipinski definition) is 2. The third-order valence-electron chi connectivity index (χ3n) is 5.20. The Morgan fingerprint density at radius 3 is 3.04 bits per heavy atom. The molecule has 1 atom stereocenters. The Balaban J connectivity index is 1.50. The number of carbonyl (C=O) groups is 2. The minimum absolute atomic E-state index is 0.0273. The van der Waals surface area contributed by atoms with E-state index in [9.17, 15) is 9.59 Å². The molecule has 2 amide bonds. The van der Waals surface area contributed by atoms with Crippen LogP contribution in [0.2, 0.25) is 0 Å². The highest BCUT2D eigenvalue weighted by atomic mass is 16.2. The molecule has 6 nitrogen and oxygen atoms in total. The molecule has 1 unspecified atom stereocenters. The van der Waals surface area contributed by atoms with Crippen LogP contribution in [-0.4, -0.2) is 42.5 Å². The monoisotopic (exact) mass is 314 g/mol. The maximum absolute atomic E-state index is 12.3. The van der Waals surface area contributed by atoms with Crippen molar-refractivity contribution >= 4 is 17.6 Å². The minimum atomic E-state index is -0.272. The van der Waals surface area contributed by atoms with Crippen molar-refractivity contribution in [2.24, 2.45) is 5.41 Å². The fraction of sp³-hybridized carbons (Fsp3) is 0.588. The molecule has 1 aromatic heterocycles. The summed E-state index contributed by atoms with van der Waals surface area (Å²) in [6.45, 7) is 2.29. The first-order chi connectivity index (χ1) is 11.2. The van der Waals surface area contributed by atoms with Crippen LogP contribution in [-0.2, 0) is 4.79 Å².